The van der Waals surface area contributed by atoms with Gasteiger partial charge in [-0.2, -0.15) is 0 Å². The lowest BCUT2D eigenvalue weighted by Crippen LogP contribution is -2.32. The topological polar surface area (TPSA) is 89.8 Å². The Labute approximate surface area is 87.8 Å². The molecule has 0 unspecified atom stereocenters. The van der Waals surface area contributed by atoms with Crippen LogP contribution in [0.2, 0.25) is 0 Å². The maximum atomic E-state index is 11.2. The van der Waals surface area contributed by atoms with Crippen LogP contribution in [0.4, 0.5) is 5.95 Å². The minimum atomic E-state index is -2.80. The third kappa shape index (κ3) is 2.44. The molecule has 1 aromatic heterocycles. The lowest BCUT2D eigenvalue weighted by atomic mass is 10.2. The molecule has 2 rings (SSSR count). The molecule has 1 aliphatic heterocycles. The van der Waals surface area contributed by atoms with E-state index in [4.69, 9.17) is 0 Å². The predicted molar refractivity (Wildman–Crippen MR) is 54.1 cm³/mol. The first-order valence-corrected chi connectivity index (χ1v) is 6.58. The fourth-order valence-electron chi connectivity index (χ4n) is 1.57. The maximum Gasteiger partial charge on any atom is 0.242 e. The molecule has 0 bridgehead atoms. The van der Waals surface area contributed by atoms with Crippen molar-refractivity contribution in [3.8, 4) is 0 Å². The molecule has 2 heterocycles. The van der Waals surface area contributed by atoms with E-state index in [0.29, 0.717) is 18.8 Å². The molecule has 0 aromatic carbocycles. The predicted octanol–water partition coefficient (Wildman–Crippen LogP) is -0.801. The normalized spacial score (nSPS) is 21.4. The zero-order chi connectivity index (χ0) is 10.9. The molecule has 0 spiro atoms. The van der Waals surface area contributed by atoms with Crippen LogP contribution in [0, 0.1) is 0 Å². The molecule has 0 aliphatic carbocycles. The van der Waals surface area contributed by atoms with E-state index in [9.17, 15) is 8.42 Å². The van der Waals surface area contributed by atoms with Gasteiger partial charge in [0, 0.05) is 13.1 Å². The summed E-state index contributed by atoms with van der Waals surface area (Å²) in [7, 11) is -1.07. The van der Waals surface area contributed by atoms with Crippen LogP contribution in [-0.4, -0.2) is 46.2 Å². The second-order valence-corrected chi connectivity index (χ2v) is 6.00. The summed E-state index contributed by atoms with van der Waals surface area (Å²) in [6, 6.07) is 0.151. The molecule has 1 aromatic rings. The van der Waals surface area contributed by atoms with Gasteiger partial charge in [0.05, 0.1) is 11.5 Å². The van der Waals surface area contributed by atoms with Crippen molar-refractivity contribution in [2.45, 2.75) is 18.9 Å². The van der Waals surface area contributed by atoms with Gasteiger partial charge in [0.2, 0.25) is 5.95 Å². The van der Waals surface area contributed by atoms with Crippen LogP contribution in [0.5, 0.6) is 0 Å². The van der Waals surface area contributed by atoms with Crippen LogP contribution in [0.25, 0.3) is 0 Å². The Hall–Kier alpha value is -1.18. The third-order valence-corrected chi connectivity index (χ3v) is 4.22. The van der Waals surface area contributed by atoms with Gasteiger partial charge in [-0.05, 0) is 23.3 Å². The number of tetrazole rings is 1. The number of hydrogen-bond acceptors (Lipinski definition) is 6. The Balaban J connectivity index is 1.96. The second kappa shape index (κ2) is 3.76. The molecule has 0 saturated carbocycles. The number of nitrogens with one attached hydrogen (secondary N) is 1. The molecule has 0 radical (unpaired) electrons. The van der Waals surface area contributed by atoms with Crippen molar-refractivity contribution in [2.24, 2.45) is 7.05 Å². The number of rotatable bonds is 2. The summed E-state index contributed by atoms with van der Waals surface area (Å²) in [4.78, 5) is 0. The fraction of sp³-hybridized carbons (Fsp3) is 0.857. The summed E-state index contributed by atoms with van der Waals surface area (Å²) in [5, 5.41) is 14.1. The monoisotopic (exact) mass is 231 g/mol. The van der Waals surface area contributed by atoms with Crippen molar-refractivity contribution in [2.75, 3.05) is 16.8 Å². The first-order valence-electron chi connectivity index (χ1n) is 4.76. The fourth-order valence-corrected chi connectivity index (χ4v) is 3.06. The van der Waals surface area contributed by atoms with E-state index in [1.165, 1.54) is 4.68 Å². The summed E-state index contributed by atoms with van der Waals surface area (Å²) < 4.78 is 23.9. The molecule has 15 heavy (non-hydrogen) atoms. The zero-order valence-corrected chi connectivity index (χ0v) is 9.24. The summed E-state index contributed by atoms with van der Waals surface area (Å²) in [5.41, 5.74) is 0. The van der Waals surface area contributed by atoms with Crippen LogP contribution in [-0.2, 0) is 16.9 Å². The van der Waals surface area contributed by atoms with Crippen molar-refractivity contribution < 1.29 is 8.42 Å². The summed E-state index contributed by atoms with van der Waals surface area (Å²) in [6.45, 7) is 0. The first kappa shape index (κ1) is 10.3. The highest BCUT2D eigenvalue weighted by Gasteiger charge is 2.24. The molecule has 7 nitrogen and oxygen atoms in total. The average Bonchev–Trinajstić information content (AvgIpc) is 2.56. The number of sulfone groups is 1. The minimum Gasteiger partial charge on any atom is -0.350 e. The van der Waals surface area contributed by atoms with Gasteiger partial charge in [0.25, 0.3) is 0 Å². The summed E-state index contributed by atoms with van der Waals surface area (Å²) in [6.07, 6.45) is 1.24. The zero-order valence-electron chi connectivity index (χ0n) is 8.42. The van der Waals surface area contributed by atoms with Gasteiger partial charge in [-0.25, -0.2) is 13.1 Å². The smallest absolute Gasteiger partial charge is 0.242 e. The van der Waals surface area contributed by atoms with Gasteiger partial charge in [-0.15, -0.1) is 0 Å². The Morgan fingerprint density at radius 2 is 2.07 bits per heavy atom. The lowest BCUT2D eigenvalue weighted by Gasteiger charge is -2.22. The number of aromatic nitrogens is 4. The SMILES string of the molecule is Cn1nnnc1NC1CCS(=O)(=O)CC1. The van der Waals surface area contributed by atoms with Crippen molar-refractivity contribution >= 4 is 15.8 Å². The third-order valence-electron chi connectivity index (χ3n) is 2.51. The summed E-state index contributed by atoms with van der Waals surface area (Å²) >= 11 is 0. The van der Waals surface area contributed by atoms with Crippen LogP contribution < -0.4 is 5.32 Å². The van der Waals surface area contributed by atoms with Crippen LogP contribution >= 0.6 is 0 Å². The van der Waals surface area contributed by atoms with Crippen LogP contribution in [0.3, 0.4) is 0 Å². The van der Waals surface area contributed by atoms with Gasteiger partial charge in [0.15, 0.2) is 0 Å². The highest BCUT2D eigenvalue weighted by Crippen LogP contribution is 2.15. The Bertz CT molecular complexity index is 426. The van der Waals surface area contributed by atoms with E-state index in [1.807, 2.05) is 0 Å². The number of anilines is 1. The highest BCUT2D eigenvalue weighted by molar-refractivity contribution is 7.91. The number of nitrogens with zero attached hydrogens (tertiary/aromatic N) is 4. The van der Waals surface area contributed by atoms with E-state index >= 15 is 0 Å². The first-order chi connectivity index (χ1) is 7.07. The molecule has 1 N–H and O–H groups in total. The van der Waals surface area contributed by atoms with E-state index in [2.05, 4.69) is 20.8 Å². The molecule has 84 valence electrons. The van der Waals surface area contributed by atoms with Crippen LogP contribution in [0.15, 0.2) is 0 Å². The molecule has 0 atom stereocenters. The van der Waals surface area contributed by atoms with Crippen LogP contribution in [0.1, 0.15) is 12.8 Å². The van der Waals surface area contributed by atoms with Gasteiger partial charge in [0.1, 0.15) is 9.84 Å². The van der Waals surface area contributed by atoms with Gasteiger partial charge in [-0.1, -0.05) is 5.10 Å². The Morgan fingerprint density at radius 3 is 2.60 bits per heavy atom. The average molecular weight is 231 g/mol. The highest BCUT2D eigenvalue weighted by atomic mass is 32.2. The van der Waals surface area contributed by atoms with Crippen molar-refractivity contribution in [3.63, 3.8) is 0 Å². The van der Waals surface area contributed by atoms with Gasteiger partial charge >= 0.3 is 0 Å². The molecule has 1 aliphatic rings. The standard InChI is InChI=1S/C7H13N5O2S/c1-12-7(9-10-11-12)8-6-2-4-15(13,14)5-3-6/h6H,2-5H2,1H3,(H,8,9,11). The molecule has 0 amide bonds. The molecule has 1 saturated heterocycles. The molecular formula is C7H13N5O2S. The van der Waals surface area contributed by atoms with Gasteiger partial charge in [-0.3, -0.25) is 0 Å². The van der Waals surface area contributed by atoms with Crippen molar-refractivity contribution in [3.05, 3.63) is 0 Å². The number of hydrogen-bond donors (Lipinski definition) is 1. The Morgan fingerprint density at radius 1 is 1.40 bits per heavy atom. The van der Waals surface area contributed by atoms with Gasteiger partial charge < -0.3 is 5.32 Å². The van der Waals surface area contributed by atoms with Crippen molar-refractivity contribution in [1.82, 2.24) is 20.2 Å². The Kier molecular flexibility index (Phi) is 2.59. The van der Waals surface area contributed by atoms with E-state index in [-0.39, 0.29) is 17.5 Å². The minimum absolute atomic E-state index is 0.151. The largest absolute Gasteiger partial charge is 0.350 e. The van der Waals surface area contributed by atoms with E-state index in [1.54, 1.807) is 7.05 Å². The maximum absolute atomic E-state index is 11.2. The quantitative estimate of drug-likeness (QED) is 0.716. The molecule has 1 fully saturated rings. The lowest BCUT2D eigenvalue weighted by molar-refractivity contribution is 0.556. The second-order valence-electron chi connectivity index (χ2n) is 3.70. The molecular weight excluding hydrogens is 218 g/mol. The number of aryl methyl sites for hydroxylation is 1. The van der Waals surface area contributed by atoms with E-state index < -0.39 is 9.84 Å². The summed E-state index contributed by atoms with van der Waals surface area (Å²) in [5.74, 6) is 1.07. The van der Waals surface area contributed by atoms with E-state index in [0.717, 1.165) is 0 Å². The molecule has 8 heteroatoms. The van der Waals surface area contributed by atoms with Crippen molar-refractivity contribution in [1.29, 1.82) is 0 Å².